The van der Waals surface area contributed by atoms with Gasteiger partial charge in [-0.1, -0.05) is 54.7 Å². The standard InChI is InChI=1S/C22H22Cl2FN3O/c1-2-5-19(22(29)26-14-8-9-14)28-20-12-16(24)15(23)11-18(20)27-21(28)10-13-6-3-4-7-17(13)25/h3-4,6-7,11-12,14,19H,2,5,8-10H2,1H3,(H,26,29). The molecule has 4 rings (SSSR count). The third-order valence-corrected chi connectivity index (χ3v) is 5.93. The van der Waals surface area contributed by atoms with E-state index >= 15 is 0 Å². The lowest BCUT2D eigenvalue weighted by atomic mass is 10.1. The number of nitrogens with zero attached hydrogens (tertiary/aromatic N) is 2. The Morgan fingerprint density at radius 3 is 2.69 bits per heavy atom. The van der Waals surface area contributed by atoms with E-state index in [1.54, 1.807) is 30.3 Å². The Morgan fingerprint density at radius 1 is 1.28 bits per heavy atom. The van der Waals surface area contributed by atoms with Gasteiger partial charge >= 0.3 is 0 Å². The lowest BCUT2D eigenvalue weighted by molar-refractivity contribution is -0.124. The zero-order valence-corrected chi connectivity index (χ0v) is 17.6. The summed E-state index contributed by atoms with van der Waals surface area (Å²) in [5, 5.41) is 3.90. The number of hydrogen-bond acceptors (Lipinski definition) is 2. The van der Waals surface area contributed by atoms with Crippen molar-refractivity contribution in [2.24, 2.45) is 0 Å². The highest BCUT2D eigenvalue weighted by atomic mass is 35.5. The molecular formula is C22H22Cl2FN3O. The van der Waals surface area contributed by atoms with E-state index in [2.05, 4.69) is 5.32 Å². The molecule has 7 heteroatoms. The van der Waals surface area contributed by atoms with Crippen LogP contribution in [0, 0.1) is 5.82 Å². The van der Waals surface area contributed by atoms with E-state index in [0.29, 0.717) is 33.4 Å². The van der Waals surface area contributed by atoms with Gasteiger partial charge in [0.2, 0.25) is 5.91 Å². The highest BCUT2D eigenvalue weighted by Crippen LogP contribution is 2.33. The van der Waals surface area contributed by atoms with Gasteiger partial charge in [-0.15, -0.1) is 0 Å². The lowest BCUT2D eigenvalue weighted by Gasteiger charge is -2.21. The smallest absolute Gasteiger partial charge is 0.243 e. The Kier molecular flexibility index (Phi) is 5.79. The van der Waals surface area contributed by atoms with Gasteiger partial charge in [0, 0.05) is 12.5 Å². The molecule has 1 fully saturated rings. The van der Waals surface area contributed by atoms with Crippen LogP contribution < -0.4 is 5.32 Å². The Bertz CT molecular complexity index is 1060. The second kappa shape index (κ2) is 8.33. The van der Waals surface area contributed by atoms with Gasteiger partial charge in [-0.2, -0.15) is 0 Å². The monoisotopic (exact) mass is 433 g/mol. The van der Waals surface area contributed by atoms with Crippen LogP contribution in [0.25, 0.3) is 11.0 Å². The zero-order valence-electron chi connectivity index (χ0n) is 16.1. The Labute approximate surface area is 179 Å². The largest absolute Gasteiger partial charge is 0.352 e. The number of fused-ring (bicyclic) bond motifs is 1. The number of halogens is 3. The number of imidazole rings is 1. The number of carbonyl (C=O) groups is 1. The highest BCUT2D eigenvalue weighted by molar-refractivity contribution is 6.42. The minimum absolute atomic E-state index is 0.0329. The summed E-state index contributed by atoms with van der Waals surface area (Å²) in [5.74, 6) is 0.291. The van der Waals surface area contributed by atoms with E-state index in [4.69, 9.17) is 28.2 Å². The topological polar surface area (TPSA) is 46.9 Å². The third kappa shape index (κ3) is 4.26. The molecule has 4 nitrogen and oxygen atoms in total. The van der Waals surface area contributed by atoms with E-state index in [1.165, 1.54) is 6.07 Å². The summed E-state index contributed by atoms with van der Waals surface area (Å²) in [7, 11) is 0. The molecule has 2 aromatic carbocycles. The van der Waals surface area contributed by atoms with Gasteiger partial charge in [0.15, 0.2) is 0 Å². The third-order valence-electron chi connectivity index (χ3n) is 5.21. The molecule has 1 N–H and O–H groups in total. The van der Waals surface area contributed by atoms with Crippen LogP contribution in [0.5, 0.6) is 0 Å². The predicted octanol–water partition coefficient (Wildman–Crippen LogP) is 5.69. The first-order chi connectivity index (χ1) is 14.0. The summed E-state index contributed by atoms with van der Waals surface area (Å²) < 4.78 is 16.2. The fraction of sp³-hybridized carbons (Fsp3) is 0.364. The molecule has 152 valence electrons. The normalized spacial score (nSPS) is 14.9. The fourth-order valence-corrected chi connectivity index (χ4v) is 3.92. The first-order valence-corrected chi connectivity index (χ1v) is 10.6. The number of nitrogens with one attached hydrogen (secondary N) is 1. The molecule has 1 aliphatic rings. The summed E-state index contributed by atoms with van der Waals surface area (Å²) in [6, 6.07) is 9.87. The van der Waals surface area contributed by atoms with Crippen molar-refractivity contribution in [3.63, 3.8) is 0 Å². The molecule has 1 aromatic heterocycles. The average molecular weight is 434 g/mol. The SMILES string of the molecule is CCCC(C(=O)NC1CC1)n1c(Cc2ccccc2F)nc2cc(Cl)c(Cl)cc21. The minimum Gasteiger partial charge on any atom is -0.352 e. The summed E-state index contributed by atoms with van der Waals surface area (Å²) in [6.45, 7) is 2.04. The molecule has 0 saturated heterocycles. The highest BCUT2D eigenvalue weighted by Gasteiger charge is 2.30. The van der Waals surface area contributed by atoms with Crippen LogP contribution in [-0.4, -0.2) is 21.5 Å². The van der Waals surface area contributed by atoms with Crippen molar-refractivity contribution in [1.29, 1.82) is 0 Å². The zero-order chi connectivity index (χ0) is 20.5. The van der Waals surface area contributed by atoms with Crippen LogP contribution in [0.4, 0.5) is 4.39 Å². The van der Waals surface area contributed by atoms with Crippen molar-refractivity contribution < 1.29 is 9.18 Å². The first kappa shape index (κ1) is 20.2. The van der Waals surface area contributed by atoms with Crippen molar-refractivity contribution in [1.82, 2.24) is 14.9 Å². The predicted molar refractivity (Wildman–Crippen MR) is 114 cm³/mol. The maximum absolute atomic E-state index is 14.3. The molecule has 3 aromatic rings. The molecule has 1 heterocycles. The molecule has 1 saturated carbocycles. The van der Waals surface area contributed by atoms with Crippen LogP contribution in [0.2, 0.25) is 10.0 Å². The molecular weight excluding hydrogens is 412 g/mol. The number of aromatic nitrogens is 2. The first-order valence-electron chi connectivity index (χ1n) is 9.87. The van der Waals surface area contributed by atoms with Crippen molar-refractivity contribution in [3.05, 3.63) is 63.6 Å². The molecule has 1 aliphatic carbocycles. The van der Waals surface area contributed by atoms with E-state index in [1.807, 2.05) is 11.5 Å². The molecule has 0 radical (unpaired) electrons. The quantitative estimate of drug-likeness (QED) is 0.519. The second-order valence-electron chi connectivity index (χ2n) is 7.51. The second-order valence-corrected chi connectivity index (χ2v) is 8.32. The van der Waals surface area contributed by atoms with Crippen LogP contribution >= 0.6 is 23.2 Å². The maximum Gasteiger partial charge on any atom is 0.243 e. The van der Waals surface area contributed by atoms with E-state index in [0.717, 1.165) is 24.8 Å². The Hall–Kier alpha value is -2.11. The average Bonchev–Trinajstić information content (AvgIpc) is 3.44. The summed E-state index contributed by atoms with van der Waals surface area (Å²) >= 11 is 12.5. The molecule has 0 bridgehead atoms. The van der Waals surface area contributed by atoms with Crippen LogP contribution in [0.1, 0.15) is 50.0 Å². The summed E-state index contributed by atoms with van der Waals surface area (Å²) in [5.41, 5.74) is 1.90. The number of hydrogen-bond donors (Lipinski definition) is 1. The van der Waals surface area contributed by atoms with Gasteiger partial charge in [0.1, 0.15) is 17.7 Å². The summed E-state index contributed by atoms with van der Waals surface area (Å²) in [6.07, 6.45) is 3.77. The molecule has 1 unspecified atom stereocenters. The van der Waals surface area contributed by atoms with Crippen LogP contribution in [0.3, 0.4) is 0 Å². The van der Waals surface area contributed by atoms with Gasteiger partial charge < -0.3 is 9.88 Å². The molecule has 0 aliphatic heterocycles. The van der Waals surface area contributed by atoms with Gasteiger partial charge in [0.25, 0.3) is 0 Å². The van der Waals surface area contributed by atoms with Gasteiger partial charge in [-0.05, 0) is 43.0 Å². The van der Waals surface area contributed by atoms with E-state index in [9.17, 15) is 9.18 Å². The van der Waals surface area contributed by atoms with E-state index < -0.39 is 6.04 Å². The van der Waals surface area contributed by atoms with Gasteiger partial charge in [0.05, 0.1) is 21.1 Å². The number of rotatable bonds is 7. The number of carbonyl (C=O) groups excluding carboxylic acids is 1. The fourth-order valence-electron chi connectivity index (χ4n) is 3.60. The van der Waals surface area contributed by atoms with Crippen molar-refractivity contribution >= 4 is 40.1 Å². The maximum atomic E-state index is 14.3. The molecule has 1 atom stereocenters. The van der Waals surface area contributed by atoms with Crippen molar-refractivity contribution in [2.45, 2.75) is 51.1 Å². The van der Waals surface area contributed by atoms with Crippen LogP contribution in [0.15, 0.2) is 36.4 Å². The van der Waals surface area contributed by atoms with Crippen molar-refractivity contribution in [2.75, 3.05) is 0 Å². The van der Waals surface area contributed by atoms with Crippen LogP contribution in [-0.2, 0) is 11.2 Å². The molecule has 1 amide bonds. The number of amides is 1. The minimum atomic E-state index is -0.440. The Morgan fingerprint density at radius 2 is 2.00 bits per heavy atom. The lowest BCUT2D eigenvalue weighted by Crippen LogP contribution is -2.34. The Balaban J connectivity index is 1.84. The number of benzene rings is 2. The summed E-state index contributed by atoms with van der Waals surface area (Å²) in [4.78, 5) is 17.8. The van der Waals surface area contributed by atoms with E-state index in [-0.39, 0.29) is 24.2 Å². The van der Waals surface area contributed by atoms with Gasteiger partial charge in [-0.3, -0.25) is 4.79 Å². The molecule has 29 heavy (non-hydrogen) atoms. The van der Waals surface area contributed by atoms with Gasteiger partial charge in [-0.25, -0.2) is 9.37 Å². The molecule has 0 spiro atoms. The van der Waals surface area contributed by atoms with Crippen molar-refractivity contribution in [3.8, 4) is 0 Å².